The van der Waals surface area contributed by atoms with Crippen LogP contribution in [0.4, 0.5) is 0 Å². The maximum Gasteiger partial charge on any atom is 0.125 e. The lowest BCUT2D eigenvalue weighted by molar-refractivity contribution is 0.0402. The van der Waals surface area contributed by atoms with Gasteiger partial charge >= 0.3 is 0 Å². The van der Waals surface area contributed by atoms with Gasteiger partial charge in [-0.2, -0.15) is 0 Å². The normalized spacial score (nSPS) is 27.4. The van der Waals surface area contributed by atoms with Crippen LogP contribution in [-0.4, -0.2) is 12.6 Å². The standard InChI is InChI=1S/C14H20ClNO/c1-4-7-14(2)9-12(16-3)11-8-10(15)5-6-13(11)17-14/h5-6,8,12,16H,4,7,9H2,1-3H3. The average molecular weight is 254 g/mol. The molecule has 0 fully saturated rings. The molecule has 0 spiro atoms. The Balaban J connectivity index is 2.35. The molecule has 1 N–H and O–H groups in total. The minimum absolute atomic E-state index is 0.0662. The molecular formula is C14H20ClNO. The molecule has 0 saturated heterocycles. The average Bonchev–Trinajstić information content (AvgIpc) is 2.29. The van der Waals surface area contributed by atoms with E-state index in [4.69, 9.17) is 16.3 Å². The van der Waals surface area contributed by atoms with E-state index in [-0.39, 0.29) is 5.60 Å². The van der Waals surface area contributed by atoms with E-state index in [9.17, 15) is 0 Å². The third kappa shape index (κ3) is 2.58. The maximum atomic E-state index is 6.15. The molecule has 3 heteroatoms. The van der Waals surface area contributed by atoms with Gasteiger partial charge in [0.05, 0.1) is 0 Å². The smallest absolute Gasteiger partial charge is 0.125 e. The first kappa shape index (κ1) is 12.7. The van der Waals surface area contributed by atoms with Crippen LogP contribution >= 0.6 is 11.6 Å². The fourth-order valence-corrected chi connectivity index (χ4v) is 2.85. The van der Waals surface area contributed by atoms with Crippen LogP contribution in [0.15, 0.2) is 18.2 Å². The predicted molar refractivity (Wildman–Crippen MR) is 71.8 cm³/mol. The molecule has 0 bridgehead atoms. The highest BCUT2D eigenvalue weighted by atomic mass is 35.5. The van der Waals surface area contributed by atoms with Gasteiger partial charge in [0.15, 0.2) is 0 Å². The minimum atomic E-state index is -0.0662. The summed E-state index contributed by atoms with van der Waals surface area (Å²) in [5.41, 5.74) is 1.11. The molecule has 17 heavy (non-hydrogen) atoms. The summed E-state index contributed by atoms with van der Waals surface area (Å²) in [7, 11) is 1.99. The fourth-order valence-electron chi connectivity index (χ4n) is 2.67. The van der Waals surface area contributed by atoms with E-state index in [1.807, 2.05) is 25.2 Å². The van der Waals surface area contributed by atoms with Crippen molar-refractivity contribution in [3.8, 4) is 5.75 Å². The zero-order valence-corrected chi connectivity index (χ0v) is 11.5. The summed E-state index contributed by atoms with van der Waals surface area (Å²) in [5, 5.41) is 4.13. The van der Waals surface area contributed by atoms with Gasteiger partial charge in [0.25, 0.3) is 0 Å². The molecule has 2 nitrogen and oxygen atoms in total. The number of halogens is 1. The predicted octanol–water partition coefficient (Wildman–Crippen LogP) is 3.94. The van der Waals surface area contributed by atoms with Gasteiger partial charge in [-0.05, 0) is 38.6 Å². The molecule has 1 aromatic carbocycles. The summed E-state index contributed by atoms with van der Waals surface area (Å²) in [4.78, 5) is 0. The summed E-state index contributed by atoms with van der Waals surface area (Å²) < 4.78 is 6.15. The molecule has 0 saturated carbocycles. The first-order valence-electron chi connectivity index (χ1n) is 6.24. The number of hydrogen-bond donors (Lipinski definition) is 1. The molecule has 2 rings (SSSR count). The van der Waals surface area contributed by atoms with Crippen molar-refractivity contribution in [3.05, 3.63) is 28.8 Å². The number of benzene rings is 1. The van der Waals surface area contributed by atoms with E-state index < -0.39 is 0 Å². The summed E-state index contributed by atoms with van der Waals surface area (Å²) in [6, 6.07) is 6.21. The van der Waals surface area contributed by atoms with Crippen LogP contribution in [0.1, 0.15) is 44.7 Å². The molecule has 94 valence electrons. The van der Waals surface area contributed by atoms with Crippen molar-refractivity contribution in [1.82, 2.24) is 5.32 Å². The first-order chi connectivity index (χ1) is 8.08. The van der Waals surface area contributed by atoms with Crippen molar-refractivity contribution in [2.24, 2.45) is 0 Å². The summed E-state index contributed by atoms with van der Waals surface area (Å²) in [6.07, 6.45) is 3.20. The van der Waals surface area contributed by atoms with Crippen LogP contribution in [-0.2, 0) is 0 Å². The van der Waals surface area contributed by atoms with E-state index in [0.29, 0.717) is 6.04 Å². The van der Waals surface area contributed by atoms with Crippen LogP contribution in [0.3, 0.4) is 0 Å². The highest BCUT2D eigenvalue weighted by molar-refractivity contribution is 6.30. The summed E-state index contributed by atoms with van der Waals surface area (Å²) >= 11 is 6.05. The number of nitrogens with one attached hydrogen (secondary N) is 1. The van der Waals surface area contributed by atoms with Gasteiger partial charge in [-0.25, -0.2) is 0 Å². The zero-order valence-electron chi connectivity index (χ0n) is 10.7. The topological polar surface area (TPSA) is 21.3 Å². The lowest BCUT2D eigenvalue weighted by atomic mass is 9.85. The van der Waals surface area contributed by atoms with Crippen molar-refractivity contribution >= 4 is 11.6 Å². The second-order valence-corrected chi connectivity index (χ2v) is 5.47. The van der Waals surface area contributed by atoms with Gasteiger partial charge in [0.1, 0.15) is 11.4 Å². The molecule has 2 atom stereocenters. The Morgan fingerprint density at radius 1 is 1.53 bits per heavy atom. The van der Waals surface area contributed by atoms with Gasteiger partial charge in [-0.1, -0.05) is 24.9 Å². The maximum absolute atomic E-state index is 6.15. The SMILES string of the molecule is CCCC1(C)CC(NC)c2cc(Cl)ccc2O1. The van der Waals surface area contributed by atoms with Crippen LogP contribution in [0, 0.1) is 0 Å². The molecule has 0 aromatic heterocycles. The zero-order chi connectivity index (χ0) is 12.5. The Kier molecular flexibility index (Phi) is 3.64. The molecular weight excluding hydrogens is 234 g/mol. The van der Waals surface area contributed by atoms with E-state index in [1.165, 1.54) is 5.56 Å². The Labute approximate surface area is 108 Å². The number of rotatable bonds is 3. The molecule has 2 unspecified atom stereocenters. The van der Waals surface area contributed by atoms with Crippen LogP contribution < -0.4 is 10.1 Å². The van der Waals surface area contributed by atoms with E-state index in [1.54, 1.807) is 0 Å². The van der Waals surface area contributed by atoms with Crippen molar-refractivity contribution in [2.45, 2.75) is 44.8 Å². The molecule has 1 aliphatic heterocycles. The van der Waals surface area contributed by atoms with Crippen molar-refractivity contribution in [3.63, 3.8) is 0 Å². The third-order valence-electron chi connectivity index (χ3n) is 3.47. The molecule has 1 heterocycles. The molecule has 0 radical (unpaired) electrons. The van der Waals surface area contributed by atoms with Gasteiger partial charge < -0.3 is 10.1 Å². The quantitative estimate of drug-likeness (QED) is 0.881. The van der Waals surface area contributed by atoms with Crippen molar-refractivity contribution < 1.29 is 4.74 Å². The second-order valence-electron chi connectivity index (χ2n) is 5.03. The largest absolute Gasteiger partial charge is 0.487 e. The van der Waals surface area contributed by atoms with Gasteiger partial charge in [0.2, 0.25) is 0 Å². The van der Waals surface area contributed by atoms with E-state index >= 15 is 0 Å². The number of hydrogen-bond acceptors (Lipinski definition) is 2. The second kappa shape index (κ2) is 4.87. The van der Waals surface area contributed by atoms with Gasteiger partial charge in [-0.15, -0.1) is 0 Å². The summed E-state index contributed by atoms with van der Waals surface area (Å²) in [6.45, 7) is 4.39. The molecule has 1 aliphatic rings. The highest BCUT2D eigenvalue weighted by Gasteiger charge is 2.35. The Morgan fingerprint density at radius 2 is 2.29 bits per heavy atom. The Hall–Kier alpha value is -0.730. The van der Waals surface area contributed by atoms with Gasteiger partial charge in [-0.3, -0.25) is 0 Å². The molecule has 0 aliphatic carbocycles. The Bertz CT molecular complexity index is 407. The van der Waals surface area contributed by atoms with E-state index in [0.717, 1.165) is 30.0 Å². The van der Waals surface area contributed by atoms with Crippen molar-refractivity contribution in [2.75, 3.05) is 7.05 Å². The third-order valence-corrected chi connectivity index (χ3v) is 3.70. The lowest BCUT2D eigenvalue weighted by Gasteiger charge is -2.40. The number of fused-ring (bicyclic) bond motifs is 1. The van der Waals surface area contributed by atoms with Crippen LogP contribution in [0.2, 0.25) is 5.02 Å². The molecule has 0 amide bonds. The Morgan fingerprint density at radius 3 is 2.94 bits per heavy atom. The van der Waals surface area contributed by atoms with Crippen LogP contribution in [0.5, 0.6) is 5.75 Å². The molecule has 1 aromatic rings. The minimum Gasteiger partial charge on any atom is -0.487 e. The van der Waals surface area contributed by atoms with Gasteiger partial charge in [0, 0.05) is 23.0 Å². The fraction of sp³-hybridized carbons (Fsp3) is 0.571. The first-order valence-corrected chi connectivity index (χ1v) is 6.61. The summed E-state index contributed by atoms with van der Waals surface area (Å²) in [5.74, 6) is 0.968. The highest BCUT2D eigenvalue weighted by Crippen LogP contribution is 2.42. The number of ether oxygens (including phenoxy) is 1. The van der Waals surface area contributed by atoms with E-state index in [2.05, 4.69) is 19.2 Å². The monoisotopic (exact) mass is 253 g/mol. The van der Waals surface area contributed by atoms with Crippen molar-refractivity contribution in [1.29, 1.82) is 0 Å². The lowest BCUT2D eigenvalue weighted by Crippen LogP contribution is -2.41. The van der Waals surface area contributed by atoms with Crippen LogP contribution in [0.25, 0.3) is 0 Å².